The molecule has 0 radical (unpaired) electrons. The van der Waals surface area contributed by atoms with Gasteiger partial charge in [0.2, 0.25) is 12.1 Å². The second kappa shape index (κ2) is 12.5. The van der Waals surface area contributed by atoms with E-state index in [1.807, 2.05) is 19.1 Å². The third-order valence-electron chi connectivity index (χ3n) is 6.27. The van der Waals surface area contributed by atoms with Gasteiger partial charge in [0.25, 0.3) is 0 Å². The van der Waals surface area contributed by atoms with Crippen LogP contribution in [-0.4, -0.2) is 61.4 Å². The number of fused-ring (bicyclic) bond motifs is 1. The second-order valence-electron chi connectivity index (χ2n) is 9.46. The van der Waals surface area contributed by atoms with Crippen molar-refractivity contribution in [3.63, 3.8) is 0 Å². The zero-order chi connectivity index (χ0) is 27.1. The van der Waals surface area contributed by atoms with Gasteiger partial charge in [0.15, 0.2) is 5.52 Å². The number of morpholine rings is 1. The molecule has 1 fully saturated rings. The highest BCUT2D eigenvalue weighted by Crippen LogP contribution is 2.33. The van der Waals surface area contributed by atoms with Crippen molar-refractivity contribution >= 4 is 34.0 Å². The van der Waals surface area contributed by atoms with E-state index < -0.39 is 11.4 Å². The van der Waals surface area contributed by atoms with Gasteiger partial charge in [-0.05, 0) is 45.0 Å². The predicted octanol–water partition coefficient (Wildman–Crippen LogP) is 4.57. The number of halogens is 2. The molecule has 1 aliphatic rings. The fraction of sp³-hybridized carbons (Fsp3) is 0.379. The molecular weight excluding hydrogens is 505 g/mol. The molecule has 0 atom stereocenters. The van der Waals surface area contributed by atoms with Crippen LogP contribution in [0.25, 0.3) is 10.9 Å². The molecule has 4 rings (SSSR count). The van der Waals surface area contributed by atoms with Gasteiger partial charge in [-0.1, -0.05) is 30.0 Å². The van der Waals surface area contributed by atoms with E-state index in [4.69, 9.17) is 21.1 Å². The maximum absolute atomic E-state index is 13.8. The standard InChI is InChI=1S/C29H33ClFN5O2/c1-5-36(22-7-8-25(31)24(30)18-22)28-23-17-21(27(38-6-2)19-26(23)32-20-33-28)9-10-29(3,4)34-11-12-35-13-15-37-16-14-35/h5,7-8,17-20,34H,1,6,11-16H2,2-4H3/p+1. The first-order valence-corrected chi connectivity index (χ1v) is 13.1. The summed E-state index contributed by atoms with van der Waals surface area (Å²) in [6.45, 7) is 15.8. The number of ether oxygens (including phenoxy) is 2. The van der Waals surface area contributed by atoms with E-state index in [9.17, 15) is 4.39 Å². The normalized spacial score (nSPS) is 14.1. The summed E-state index contributed by atoms with van der Waals surface area (Å²) in [6.07, 6.45) is 3.24. The number of rotatable bonds is 9. The van der Waals surface area contributed by atoms with E-state index in [1.165, 1.54) is 6.07 Å². The first kappa shape index (κ1) is 27.8. The number of anilines is 2. The van der Waals surface area contributed by atoms with E-state index in [-0.39, 0.29) is 5.02 Å². The third kappa shape index (κ3) is 6.80. The molecule has 0 unspecified atom stereocenters. The molecule has 2 heterocycles. The lowest BCUT2D eigenvalue weighted by Gasteiger charge is -2.28. The monoisotopic (exact) mass is 538 g/mol. The smallest absolute Gasteiger partial charge is 0.241 e. The molecule has 2 aromatic carbocycles. The van der Waals surface area contributed by atoms with Crippen LogP contribution in [-0.2, 0) is 4.74 Å². The summed E-state index contributed by atoms with van der Waals surface area (Å²) >= 11 is 6.06. The second-order valence-corrected chi connectivity index (χ2v) is 9.86. The van der Waals surface area contributed by atoms with E-state index in [1.54, 1.807) is 29.6 Å². The lowest BCUT2D eigenvalue weighted by molar-refractivity contribution is -0.365. The van der Waals surface area contributed by atoms with Crippen molar-refractivity contribution < 1.29 is 18.8 Å². The molecule has 38 heavy (non-hydrogen) atoms. The Bertz CT molecular complexity index is 1350. The fourth-order valence-corrected chi connectivity index (χ4v) is 4.43. The Morgan fingerprint density at radius 3 is 2.82 bits per heavy atom. The molecule has 0 saturated carbocycles. The van der Waals surface area contributed by atoms with Crippen molar-refractivity contribution in [3.8, 4) is 17.6 Å². The van der Waals surface area contributed by atoms with Crippen LogP contribution < -0.4 is 19.9 Å². The molecule has 0 bridgehead atoms. The molecule has 1 saturated heterocycles. The highest BCUT2D eigenvalue weighted by atomic mass is 35.5. The van der Waals surface area contributed by atoms with Crippen LogP contribution in [0.1, 0.15) is 26.3 Å². The van der Waals surface area contributed by atoms with Gasteiger partial charge in [0.1, 0.15) is 17.3 Å². The summed E-state index contributed by atoms with van der Waals surface area (Å²) in [7, 11) is 0. The van der Waals surface area contributed by atoms with Gasteiger partial charge in [-0.15, -0.1) is 4.98 Å². The maximum Gasteiger partial charge on any atom is 0.241 e. The maximum atomic E-state index is 13.8. The Labute approximate surface area is 228 Å². The summed E-state index contributed by atoms with van der Waals surface area (Å²) in [5.41, 5.74) is 1.70. The number of hydrogen-bond donors (Lipinski definition) is 1. The first-order valence-electron chi connectivity index (χ1n) is 12.7. The van der Waals surface area contributed by atoms with Gasteiger partial charge in [-0.3, -0.25) is 4.90 Å². The molecule has 7 nitrogen and oxygen atoms in total. The van der Waals surface area contributed by atoms with Crippen molar-refractivity contribution in [2.24, 2.45) is 0 Å². The Kier molecular flexibility index (Phi) is 9.18. The summed E-state index contributed by atoms with van der Waals surface area (Å²) in [5.74, 6) is 7.58. The molecule has 0 spiro atoms. The van der Waals surface area contributed by atoms with Crippen molar-refractivity contribution in [2.45, 2.75) is 26.3 Å². The van der Waals surface area contributed by atoms with Crippen LogP contribution >= 0.6 is 11.6 Å². The fourth-order valence-electron chi connectivity index (χ4n) is 4.26. The van der Waals surface area contributed by atoms with Crippen molar-refractivity contribution in [2.75, 3.05) is 50.9 Å². The summed E-state index contributed by atoms with van der Waals surface area (Å²) in [6, 6.07) is 8.37. The predicted molar refractivity (Wildman–Crippen MR) is 149 cm³/mol. The Morgan fingerprint density at radius 1 is 1.32 bits per heavy atom. The Morgan fingerprint density at radius 2 is 2.11 bits per heavy atom. The lowest BCUT2D eigenvalue weighted by Crippen LogP contribution is -2.45. The largest absolute Gasteiger partial charge is 0.492 e. The Balaban J connectivity index is 1.65. The van der Waals surface area contributed by atoms with Gasteiger partial charge in [-0.25, -0.2) is 14.3 Å². The number of aromatic nitrogens is 2. The molecule has 9 heteroatoms. The minimum Gasteiger partial charge on any atom is -0.492 e. The molecule has 1 aliphatic heterocycles. The quantitative estimate of drug-likeness (QED) is 0.403. The van der Waals surface area contributed by atoms with Crippen molar-refractivity contribution in [1.29, 1.82) is 0 Å². The Hall–Kier alpha value is -3.22. The topological polar surface area (TPSA) is 64.0 Å². The zero-order valence-electron chi connectivity index (χ0n) is 22.1. The SMILES string of the molecule is C=CN(c1ccc(F)c(Cl)c1)c1[nH+]cnc2cc(OCC)c(C#CC(C)(C)NCCN3CCOCC3)cc12. The minimum atomic E-state index is -0.483. The van der Waals surface area contributed by atoms with Crippen LogP contribution in [0.15, 0.2) is 49.4 Å². The van der Waals surface area contributed by atoms with E-state index in [0.29, 0.717) is 23.9 Å². The number of nitrogens with one attached hydrogen (secondary N) is 2. The zero-order valence-corrected chi connectivity index (χ0v) is 22.9. The number of H-pyrrole nitrogens is 1. The summed E-state index contributed by atoms with van der Waals surface area (Å²) in [4.78, 5) is 11.9. The number of hydrogen-bond acceptors (Lipinski definition) is 6. The minimum absolute atomic E-state index is 0.0289. The first-order chi connectivity index (χ1) is 18.3. The van der Waals surface area contributed by atoms with E-state index in [2.05, 4.69) is 52.5 Å². The van der Waals surface area contributed by atoms with Gasteiger partial charge >= 0.3 is 0 Å². The molecule has 3 aromatic rings. The van der Waals surface area contributed by atoms with Crippen molar-refractivity contribution in [1.82, 2.24) is 15.2 Å². The van der Waals surface area contributed by atoms with Crippen LogP contribution in [0.5, 0.6) is 5.75 Å². The molecule has 200 valence electrons. The molecule has 0 amide bonds. The summed E-state index contributed by atoms with van der Waals surface area (Å²) in [5, 5.41) is 4.39. The van der Waals surface area contributed by atoms with Gasteiger partial charge in [0, 0.05) is 32.2 Å². The average molecular weight is 539 g/mol. The number of nitrogens with zero attached hydrogens (tertiary/aromatic N) is 3. The highest BCUT2D eigenvalue weighted by molar-refractivity contribution is 6.31. The molecule has 2 N–H and O–H groups in total. The third-order valence-corrected chi connectivity index (χ3v) is 6.56. The molecular formula is C29H34ClFN5O2+. The average Bonchev–Trinajstić information content (AvgIpc) is 2.91. The number of aromatic amines is 1. The number of benzene rings is 2. The van der Waals surface area contributed by atoms with Crippen LogP contribution in [0, 0.1) is 17.7 Å². The molecule has 0 aliphatic carbocycles. The van der Waals surface area contributed by atoms with Gasteiger partial charge in [-0.2, -0.15) is 0 Å². The molecule has 1 aromatic heterocycles. The highest BCUT2D eigenvalue weighted by Gasteiger charge is 2.21. The van der Waals surface area contributed by atoms with Gasteiger partial charge in [0.05, 0.1) is 47.5 Å². The van der Waals surface area contributed by atoms with Gasteiger partial charge < -0.3 is 14.8 Å². The van der Waals surface area contributed by atoms with Crippen LogP contribution in [0.2, 0.25) is 5.02 Å². The van der Waals surface area contributed by atoms with Crippen LogP contribution in [0.3, 0.4) is 0 Å². The van der Waals surface area contributed by atoms with E-state index in [0.717, 1.165) is 55.9 Å². The van der Waals surface area contributed by atoms with E-state index >= 15 is 0 Å². The summed E-state index contributed by atoms with van der Waals surface area (Å²) < 4.78 is 25.2. The van der Waals surface area contributed by atoms with Crippen molar-refractivity contribution in [3.05, 3.63) is 65.8 Å². The lowest BCUT2D eigenvalue weighted by atomic mass is 10.0. The van der Waals surface area contributed by atoms with Crippen LogP contribution in [0.4, 0.5) is 15.9 Å².